The summed E-state index contributed by atoms with van der Waals surface area (Å²) in [7, 11) is 2.98. The van der Waals surface area contributed by atoms with Gasteiger partial charge in [0.25, 0.3) is 5.56 Å². The molecule has 2 heterocycles. The number of carbonyl (C=O) groups excluding carboxylic acids is 1. The van der Waals surface area contributed by atoms with E-state index in [2.05, 4.69) is 4.99 Å². The van der Waals surface area contributed by atoms with Crippen LogP contribution in [-0.2, 0) is 14.3 Å². The number of hydrogen-bond acceptors (Lipinski definition) is 10. The Balaban J connectivity index is 1.92. The van der Waals surface area contributed by atoms with E-state index in [9.17, 15) is 24.8 Å². The quantitative estimate of drug-likeness (QED) is 0.204. The summed E-state index contributed by atoms with van der Waals surface area (Å²) in [4.78, 5) is 42.2. The van der Waals surface area contributed by atoms with Crippen LogP contribution in [0.5, 0.6) is 11.5 Å². The van der Waals surface area contributed by atoms with Crippen LogP contribution in [0.2, 0.25) is 0 Å². The van der Waals surface area contributed by atoms with Gasteiger partial charge < -0.3 is 19.3 Å². The fourth-order valence-electron chi connectivity index (χ4n) is 3.99. The van der Waals surface area contributed by atoms with Crippen molar-refractivity contribution in [1.82, 2.24) is 4.57 Å². The molecule has 1 aliphatic heterocycles. The number of thiazole rings is 1. The fraction of sp³-hybridized carbons (Fsp3) is 0.240. The Hall–Kier alpha value is -4.29. The minimum Gasteiger partial charge on any atom is -0.502 e. The molecule has 1 atom stereocenters. The van der Waals surface area contributed by atoms with Crippen molar-refractivity contribution in [2.75, 3.05) is 27.4 Å². The number of esters is 1. The van der Waals surface area contributed by atoms with Gasteiger partial charge in [0, 0.05) is 18.7 Å². The summed E-state index contributed by atoms with van der Waals surface area (Å²) in [6.07, 6.45) is 1.48. The largest absolute Gasteiger partial charge is 0.502 e. The van der Waals surface area contributed by atoms with Gasteiger partial charge in [-0.1, -0.05) is 35.6 Å². The number of ether oxygens (including phenoxy) is 3. The number of rotatable bonds is 8. The first-order valence-electron chi connectivity index (χ1n) is 11.1. The highest BCUT2D eigenvalue weighted by atomic mass is 32.1. The molecule has 0 bridgehead atoms. The van der Waals surface area contributed by atoms with E-state index in [4.69, 9.17) is 14.2 Å². The maximum Gasteiger partial charge on any atom is 0.338 e. The van der Waals surface area contributed by atoms with Gasteiger partial charge in [-0.3, -0.25) is 19.5 Å². The Labute approximate surface area is 214 Å². The first-order valence-corrected chi connectivity index (χ1v) is 11.9. The third kappa shape index (κ3) is 5.01. The van der Waals surface area contributed by atoms with E-state index < -0.39 is 33.9 Å². The van der Waals surface area contributed by atoms with Gasteiger partial charge in [0.2, 0.25) is 0 Å². The predicted molar refractivity (Wildman–Crippen MR) is 134 cm³/mol. The highest BCUT2D eigenvalue weighted by molar-refractivity contribution is 7.07. The normalized spacial score (nSPS) is 15.2. The zero-order valence-electron chi connectivity index (χ0n) is 20.2. The molecule has 1 unspecified atom stereocenters. The van der Waals surface area contributed by atoms with Crippen LogP contribution in [0.1, 0.15) is 24.1 Å². The smallest absolute Gasteiger partial charge is 0.338 e. The summed E-state index contributed by atoms with van der Waals surface area (Å²) in [5, 5.41) is 21.0. The second-order valence-electron chi connectivity index (χ2n) is 7.96. The van der Waals surface area contributed by atoms with Gasteiger partial charge in [0.05, 0.1) is 34.4 Å². The number of carbonyl (C=O) groups is 1. The first-order chi connectivity index (χ1) is 17.8. The molecule has 1 aromatic heterocycles. The number of benzene rings is 2. The molecule has 11 nitrogen and oxygen atoms in total. The number of para-hydroxylation sites is 1. The molecule has 37 heavy (non-hydrogen) atoms. The number of nitrogens with zero attached hydrogens (tertiary/aromatic N) is 3. The lowest BCUT2D eigenvalue weighted by Gasteiger charge is -2.26. The minimum absolute atomic E-state index is 0.0226. The third-order valence-electron chi connectivity index (χ3n) is 5.69. The molecule has 0 aliphatic carbocycles. The highest BCUT2D eigenvalue weighted by Crippen LogP contribution is 2.35. The minimum atomic E-state index is -0.890. The van der Waals surface area contributed by atoms with Crippen LogP contribution in [-0.4, -0.2) is 48.0 Å². The second kappa shape index (κ2) is 10.8. The van der Waals surface area contributed by atoms with Gasteiger partial charge in [-0.05, 0) is 30.7 Å². The van der Waals surface area contributed by atoms with Crippen LogP contribution in [0, 0.1) is 10.1 Å². The summed E-state index contributed by atoms with van der Waals surface area (Å²) < 4.78 is 17.5. The molecule has 192 valence electrons. The summed E-state index contributed by atoms with van der Waals surface area (Å²) in [5.74, 6) is -0.655. The van der Waals surface area contributed by atoms with Crippen LogP contribution in [0.3, 0.4) is 0 Å². The van der Waals surface area contributed by atoms with Crippen molar-refractivity contribution >= 4 is 29.1 Å². The van der Waals surface area contributed by atoms with Crippen molar-refractivity contribution in [3.63, 3.8) is 0 Å². The monoisotopic (exact) mass is 525 g/mol. The molecule has 12 heteroatoms. The molecular formula is C25H23N3O8S. The van der Waals surface area contributed by atoms with E-state index in [-0.39, 0.29) is 23.3 Å². The summed E-state index contributed by atoms with van der Waals surface area (Å²) in [6, 6.07) is 9.96. The van der Waals surface area contributed by atoms with Gasteiger partial charge in [0.1, 0.15) is 18.4 Å². The van der Waals surface area contributed by atoms with Crippen molar-refractivity contribution in [2.24, 2.45) is 4.99 Å². The summed E-state index contributed by atoms with van der Waals surface area (Å²) in [5.41, 5.74) is 0.533. The Morgan fingerprint density at radius 1 is 1.24 bits per heavy atom. The molecule has 0 fully saturated rings. The standard InChI is InChI=1S/C25H23N3O8S/c1-14-21(24(31)36-11-10-34-2)22(16-6-4-5-7-19(16)35-3)27-23(30)20(37-25(27)26-14)13-15-8-9-18(29)17(12-15)28(32)33/h4-9,12-13,22,29H,10-11H2,1-3H3. The van der Waals surface area contributed by atoms with Crippen LogP contribution in [0.15, 0.2) is 63.5 Å². The van der Waals surface area contributed by atoms with Crippen LogP contribution < -0.4 is 19.6 Å². The molecule has 1 aliphatic rings. The maximum atomic E-state index is 13.7. The zero-order valence-corrected chi connectivity index (χ0v) is 21.0. The van der Waals surface area contributed by atoms with Crippen LogP contribution in [0.25, 0.3) is 6.08 Å². The molecule has 3 aromatic rings. The van der Waals surface area contributed by atoms with Crippen molar-refractivity contribution in [3.8, 4) is 11.5 Å². The molecule has 0 amide bonds. The number of methoxy groups -OCH3 is 2. The highest BCUT2D eigenvalue weighted by Gasteiger charge is 2.35. The number of phenolic OH excluding ortho intramolecular Hbond substituents is 1. The number of nitro benzene ring substituents is 1. The Kier molecular flexibility index (Phi) is 7.50. The average molecular weight is 526 g/mol. The van der Waals surface area contributed by atoms with Gasteiger partial charge in [-0.25, -0.2) is 9.79 Å². The maximum absolute atomic E-state index is 13.7. The molecule has 0 radical (unpaired) electrons. The number of hydrogen-bond donors (Lipinski definition) is 1. The molecule has 0 saturated carbocycles. The van der Waals surface area contributed by atoms with E-state index in [1.807, 2.05) is 0 Å². The molecular weight excluding hydrogens is 502 g/mol. The zero-order chi connectivity index (χ0) is 26.7. The van der Waals surface area contributed by atoms with E-state index in [1.165, 1.54) is 43.1 Å². The van der Waals surface area contributed by atoms with E-state index in [1.54, 1.807) is 31.2 Å². The Bertz CT molecular complexity index is 1590. The number of aromatic nitrogens is 1. The third-order valence-corrected chi connectivity index (χ3v) is 6.67. The second-order valence-corrected chi connectivity index (χ2v) is 8.97. The number of fused-ring (bicyclic) bond motifs is 1. The van der Waals surface area contributed by atoms with Crippen LogP contribution >= 0.6 is 11.3 Å². The van der Waals surface area contributed by atoms with E-state index in [0.717, 1.165) is 11.3 Å². The Morgan fingerprint density at radius 3 is 2.70 bits per heavy atom. The number of nitro groups is 1. The van der Waals surface area contributed by atoms with Crippen molar-refractivity contribution in [2.45, 2.75) is 13.0 Å². The topological polar surface area (TPSA) is 142 Å². The average Bonchev–Trinajstić information content (AvgIpc) is 3.18. The number of phenols is 1. The first kappa shape index (κ1) is 25.8. The van der Waals surface area contributed by atoms with E-state index in [0.29, 0.717) is 27.4 Å². The van der Waals surface area contributed by atoms with Crippen molar-refractivity contribution in [1.29, 1.82) is 0 Å². The number of allylic oxidation sites excluding steroid dienone is 1. The molecule has 2 aromatic carbocycles. The van der Waals surface area contributed by atoms with Crippen molar-refractivity contribution in [3.05, 3.63) is 94.7 Å². The van der Waals surface area contributed by atoms with E-state index >= 15 is 0 Å². The molecule has 1 N–H and O–H groups in total. The summed E-state index contributed by atoms with van der Waals surface area (Å²) >= 11 is 1.07. The van der Waals surface area contributed by atoms with Crippen LogP contribution in [0.4, 0.5) is 5.69 Å². The lowest BCUT2D eigenvalue weighted by Crippen LogP contribution is -2.40. The predicted octanol–water partition coefficient (Wildman–Crippen LogP) is 2.05. The van der Waals surface area contributed by atoms with Gasteiger partial charge in [0.15, 0.2) is 10.6 Å². The Morgan fingerprint density at radius 2 is 2.00 bits per heavy atom. The lowest BCUT2D eigenvalue weighted by molar-refractivity contribution is -0.385. The molecule has 0 spiro atoms. The van der Waals surface area contributed by atoms with Gasteiger partial charge in [-0.2, -0.15) is 0 Å². The SMILES string of the molecule is COCCOC(=O)C1=C(C)N=c2sc(=Cc3ccc(O)c([N+](=O)[O-])c3)c(=O)n2C1c1ccccc1OC. The van der Waals surface area contributed by atoms with Gasteiger partial charge >= 0.3 is 11.7 Å². The fourth-order valence-corrected chi connectivity index (χ4v) is 5.04. The summed E-state index contributed by atoms with van der Waals surface area (Å²) in [6.45, 7) is 1.89. The van der Waals surface area contributed by atoms with Gasteiger partial charge in [-0.15, -0.1) is 0 Å². The lowest BCUT2D eigenvalue weighted by atomic mass is 9.95. The molecule has 0 saturated heterocycles. The van der Waals surface area contributed by atoms with Crippen molar-refractivity contribution < 1.29 is 29.0 Å². The number of aromatic hydroxyl groups is 1. The molecule has 4 rings (SSSR count).